The van der Waals surface area contributed by atoms with Crippen LogP contribution in [0.1, 0.15) is 5.69 Å². The molecule has 0 saturated heterocycles. The number of hydrogen-bond acceptors (Lipinski definition) is 1. The quantitative estimate of drug-likeness (QED) is 0.339. The summed E-state index contributed by atoms with van der Waals surface area (Å²) >= 11 is 0. The Morgan fingerprint density at radius 1 is 1.56 bits per heavy atom. The van der Waals surface area contributed by atoms with Gasteiger partial charge in [0, 0.05) is 0 Å². The van der Waals surface area contributed by atoms with E-state index in [1.165, 1.54) is 0 Å². The molecule has 0 atom stereocenters. The second kappa shape index (κ2) is 6.52. The molecule has 3 heteroatoms. The number of aromatic nitrogens is 1. The molecule has 0 N–H and O–H groups in total. The summed E-state index contributed by atoms with van der Waals surface area (Å²) in [5.74, 6) is 0. The Labute approximate surface area is 81.8 Å². The molecule has 1 nitrogen and oxygen atoms in total. The van der Waals surface area contributed by atoms with E-state index in [9.17, 15) is 0 Å². The Balaban J connectivity index is 0. The van der Waals surface area contributed by atoms with Crippen LogP contribution in [0, 0.1) is 13.0 Å². The molecule has 0 aliphatic carbocycles. The maximum Gasteiger partial charge on any atom is 2.00 e. The fraction of sp³-hybridized carbons (Fsp3) is 0.167. The minimum atomic E-state index is 0. The molecule has 0 saturated carbocycles. The van der Waals surface area contributed by atoms with Gasteiger partial charge in [-0.3, -0.25) is 0 Å². The van der Waals surface area contributed by atoms with E-state index in [1.54, 1.807) is 12.3 Å². The fourth-order valence-corrected chi connectivity index (χ4v) is 0.404. The minimum absolute atomic E-state index is 0. The topological polar surface area (TPSA) is 12.9 Å². The van der Waals surface area contributed by atoms with Gasteiger partial charge in [-0.25, -0.2) is 0 Å². The second-order valence-electron chi connectivity index (χ2n) is 1.40. The van der Waals surface area contributed by atoms with Gasteiger partial charge >= 0.3 is 23.1 Å². The molecule has 0 bridgehead atoms. The minimum Gasteiger partial charge on any atom is -1.00 e. The van der Waals surface area contributed by atoms with Gasteiger partial charge in [-0.05, 0) is 0 Å². The van der Waals surface area contributed by atoms with E-state index < -0.39 is 0 Å². The summed E-state index contributed by atoms with van der Waals surface area (Å²) in [6.45, 7) is 1.94. The summed E-state index contributed by atoms with van der Waals surface area (Å²) in [7, 11) is 0. The van der Waals surface area contributed by atoms with E-state index in [1.807, 2.05) is 13.0 Å². The maximum atomic E-state index is 3.95. The summed E-state index contributed by atoms with van der Waals surface area (Å²) < 4.78 is 0. The first-order chi connectivity index (χ1) is 3.39. The molecule has 0 spiro atoms. The number of pyridine rings is 1. The number of rotatable bonds is 0. The van der Waals surface area contributed by atoms with Crippen LogP contribution in [0.2, 0.25) is 0 Å². The zero-order valence-electron chi connectivity index (χ0n) is 5.26. The predicted molar refractivity (Wildman–Crippen MR) is 33.6 cm³/mol. The van der Waals surface area contributed by atoms with Crippen LogP contribution in [0.3, 0.4) is 0 Å². The van der Waals surface area contributed by atoms with Crippen LogP contribution in [0.4, 0.5) is 0 Å². The summed E-state index contributed by atoms with van der Waals surface area (Å²) in [4.78, 5) is 3.95. The normalized spacial score (nSPS) is 6.78. The van der Waals surface area contributed by atoms with E-state index in [4.69, 9.17) is 0 Å². The zero-order valence-corrected chi connectivity index (χ0v) is 8.26. The third-order valence-electron chi connectivity index (χ3n) is 0.741. The summed E-state index contributed by atoms with van der Waals surface area (Å²) in [5, 5.41) is 0. The SMILES string of the molecule is Cc1c[c-]ccn1.[Br-].[Mg+2]. The standard InChI is InChI=1S/C6H6N.BrH.Mg/c1-6-4-2-3-5-7-6;;/h3-5H,1H3;1H;/q-1;;+2/p-1. The second-order valence-corrected chi connectivity index (χ2v) is 1.40. The summed E-state index contributed by atoms with van der Waals surface area (Å²) in [6.07, 6.45) is 1.73. The van der Waals surface area contributed by atoms with Crippen molar-refractivity contribution in [2.45, 2.75) is 6.92 Å². The Hall–Kier alpha value is 0.396. The Kier molecular flexibility index (Phi) is 8.77. The molecule has 0 unspecified atom stereocenters. The largest absolute Gasteiger partial charge is 2.00 e. The third-order valence-corrected chi connectivity index (χ3v) is 0.741. The van der Waals surface area contributed by atoms with Crippen molar-refractivity contribution in [3.05, 3.63) is 30.1 Å². The van der Waals surface area contributed by atoms with E-state index in [0.717, 1.165) is 5.69 Å². The van der Waals surface area contributed by atoms with Crippen LogP contribution in [-0.4, -0.2) is 28.0 Å². The van der Waals surface area contributed by atoms with Crippen LogP contribution < -0.4 is 17.0 Å². The molecule has 0 fully saturated rings. The fourth-order valence-electron chi connectivity index (χ4n) is 0.404. The van der Waals surface area contributed by atoms with Gasteiger partial charge in [0.1, 0.15) is 0 Å². The van der Waals surface area contributed by atoms with Crippen molar-refractivity contribution in [2.24, 2.45) is 0 Å². The monoisotopic (exact) mass is 195 g/mol. The summed E-state index contributed by atoms with van der Waals surface area (Å²) in [5.41, 5.74) is 1.02. The Bertz CT molecular complexity index is 143. The van der Waals surface area contributed by atoms with Crippen molar-refractivity contribution in [3.63, 3.8) is 0 Å². The molecule has 0 radical (unpaired) electrons. The van der Waals surface area contributed by atoms with Gasteiger partial charge in [0.15, 0.2) is 0 Å². The van der Waals surface area contributed by atoms with Crippen LogP contribution in [0.25, 0.3) is 0 Å². The van der Waals surface area contributed by atoms with Gasteiger partial charge in [-0.15, -0.1) is 0 Å². The first kappa shape index (κ1) is 12.1. The molecule has 1 heterocycles. The van der Waals surface area contributed by atoms with Crippen molar-refractivity contribution in [2.75, 3.05) is 0 Å². The molecule has 1 rings (SSSR count). The van der Waals surface area contributed by atoms with Gasteiger partial charge in [0.05, 0.1) is 0 Å². The average molecular weight is 196 g/mol. The molecule has 0 aliphatic heterocycles. The molecule has 1 aromatic heterocycles. The maximum absolute atomic E-state index is 3.95. The third kappa shape index (κ3) is 4.87. The van der Waals surface area contributed by atoms with Gasteiger partial charge in [-0.2, -0.15) is 18.2 Å². The Morgan fingerprint density at radius 2 is 2.22 bits per heavy atom. The van der Waals surface area contributed by atoms with Crippen LogP contribution in [0.15, 0.2) is 18.3 Å². The molecule has 0 aromatic carbocycles. The van der Waals surface area contributed by atoms with Crippen LogP contribution in [0.5, 0.6) is 0 Å². The molecule has 0 aliphatic rings. The van der Waals surface area contributed by atoms with E-state index >= 15 is 0 Å². The molecule has 0 amide bonds. The van der Waals surface area contributed by atoms with Crippen LogP contribution in [-0.2, 0) is 0 Å². The van der Waals surface area contributed by atoms with E-state index in [-0.39, 0.29) is 40.0 Å². The first-order valence-corrected chi connectivity index (χ1v) is 2.18. The van der Waals surface area contributed by atoms with Crippen molar-refractivity contribution < 1.29 is 17.0 Å². The van der Waals surface area contributed by atoms with Crippen LogP contribution >= 0.6 is 0 Å². The molecular formula is C6H6BrMgN. The summed E-state index contributed by atoms with van der Waals surface area (Å²) in [6, 6.07) is 6.53. The molecule has 44 valence electrons. The molecule has 9 heavy (non-hydrogen) atoms. The molecule has 1 aromatic rings. The van der Waals surface area contributed by atoms with Crippen molar-refractivity contribution in [1.82, 2.24) is 4.98 Å². The van der Waals surface area contributed by atoms with Crippen molar-refractivity contribution in [1.29, 1.82) is 0 Å². The zero-order chi connectivity index (χ0) is 5.11. The molecular weight excluding hydrogens is 190 g/mol. The number of nitrogens with zero attached hydrogens (tertiary/aromatic N) is 1. The van der Waals surface area contributed by atoms with Crippen molar-refractivity contribution in [3.8, 4) is 0 Å². The average Bonchev–Trinajstić information content (AvgIpc) is 1.69. The van der Waals surface area contributed by atoms with Gasteiger partial charge in [-0.1, -0.05) is 18.8 Å². The van der Waals surface area contributed by atoms with Gasteiger partial charge in [0.2, 0.25) is 0 Å². The van der Waals surface area contributed by atoms with Crippen molar-refractivity contribution >= 4 is 23.1 Å². The Morgan fingerprint density at radius 3 is 2.44 bits per heavy atom. The van der Waals surface area contributed by atoms with E-state index in [0.29, 0.717) is 0 Å². The first-order valence-electron chi connectivity index (χ1n) is 2.18. The number of aryl methyl sites for hydroxylation is 1. The van der Waals surface area contributed by atoms with Gasteiger partial charge < -0.3 is 22.0 Å². The predicted octanol–water partition coefficient (Wildman–Crippen LogP) is -2.19. The number of halogens is 1. The van der Waals surface area contributed by atoms with Gasteiger partial charge in [0.25, 0.3) is 0 Å². The number of hydrogen-bond donors (Lipinski definition) is 0. The smallest absolute Gasteiger partial charge is 1.00 e. The van der Waals surface area contributed by atoms with E-state index in [2.05, 4.69) is 11.1 Å².